The van der Waals surface area contributed by atoms with Gasteiger partial charge in [0.1, 0.15) is 0 Å². The molecule has 0 aromatic heterocycles. The van der Waals surface area contributed by atoms with Gasteiger partial charge in [0.2, 0.25) is 0 Å². The minimum atomic E-state index is 0.827. The molecule has 56 valence electrons. The van der Waals surface area contributed by atoms with E-state index < -0.39 is 0 Å². The summed E-state index contributed by atoms with van der Waals surface area (Å²) in [5.74, 6) is 0.827. The van der Waals surface area contributed by atoms with Gasteiger partial charge in [-0.3, -0.25) is 0 Å². The molecular formula is C8H17Cl. The lowest BCUT2D eigenvalue weighted by molar-refractivity contribution is 0.776. The molecule has 0 saturated heterocycles. The maximum Gasteiger partial charge on any atom is 0.0223 e. The zero-order valence-corrected chi connectivity index (χ0v) is 7.08. The Hall–Kier alpha value is 0.290. The fourth-order valence-corrected chi connectivity index (χ4v) is 0.533. The number of hydrogen-bond acceptors (Lipinski definition) is 0. The van der Waals surface area contributed by atoms with E-state index in [0.717, 1.165) is 5.88 Å². The second-order valence-corrected chi connectivity index (χ2v) is 2.83. The van der Waals surface area contributed by atoms with E-state index in [0.29, 0.717) is 0 Å². The minimum absolute atomic E-state index is 0.827. The highest BCUT2D eigenvalue weighted by molar-refractivity contribution is 6.17. The molecule has 0 heterocycles. The van der Waals surface area contributed by atoms with Gasteiger partial charge in [0, 0.05) is 5.88 Å². The predicted octanol–water partition coefficient (Wildman–Crippen LogP) is 3.59. The van der Waals surface area contributed by atoms with Crippen LogP contribution in [0.2, 0.25) is 0 Å². The summed E-state index contributed by atoms with van der Waals surface area (Å²) in [7, 11) is 0. The Kier molecular flexibility index (Phi) is 8.56. The van der Waals surface area contributed by atoms with E-state index in [-0.39, 0.29) is 0 Å². The van der Waals surface area contributed by atoms with Gasteiger partial charge in [-0.2, -0.15) is 0 Å². The lowest BCUT2D eigenvalue weighted by Gasteiger charge is -1.84. The summed E-state index contributed by atoms with van der Waals surface area (Å²) in [6.45, 7) is 2.17. The zero-order chi connectivity index (χ0) is 6.95. The van der Waals surface area contributed by atoms with Crippen LogP contribution in [-0.2, 0) is 0 Å². The van der Waals surface area contributed by atoms with Gasteiger partial charge < -0.3 is 0 Å². The van der Waals surface area contributed by atoms with Crippen LogP contribution in [-0.4, -0.2) is 5.88 Å². The Bertz CT molecular complexity index is 35.1. The molecule has 0 unspecified atom stereocenters. The third-order valence-electron chi connectivity index (χ3n) is 1.09. The fourth-order valence-electron chi connectivity index (χ4n) is 0.344. The van der Waals surface area contributed by atoms with Crippen molar-refractivity contribution in [1.82, 2.24) is 0 Å². The zero-order valence-electron chi connectivity index (χ0n) is 6.33. The van der Waals surface area contributed by atoms with Crippen LogP contribution in [0.5, 0.6) is 0 Å². The summed E-state index contributed by atoms with van der Waals surface area (Å²) >= 11 is 5.38. The Morgan fingerprint density at radius 3 is 1.78 bits per heavy atom. The van der Waals surface area contributed by atoms with Gasteiger partial charge in [-0.1, -0.05) is 39.0 Å². The van der Waals surface area contributed by atoms with Crippen LogP contribution in [0.1, 0.15) is 45.4 Å². The second-order valence-electron chi connectivity index (χ2n) is 2.46. The first kappa shape index (κ1) is 9.29. The number of hydrogen-bond donors (Lipinski definition) is 0. The molecule has 1 heteroatoms. The Morgan fingerprint density at radius 1 is 1.11 bits per heavy atom. The molecule has 1 saturated carbocycles. The summed E-state index contributed by atoms with van der Waals surface area (Å²) in [6, 6.07) is 0. The first-order valence-electron chi connectivity index (χ1n) is 3.97. The van der Waals surface area contributed by atoms with Crippen molar-refractivity contribution in [2.75, 3.05) is 5.88 Å². The maximum absolute atomic E-state index is 5.38. The lowest BCUT2D eigenvalue weighted by Crippen LogP contribution is -1.70. The normalized spacial score (nSPS) is 14.0. The number of rotatable bonds is 3. The number of halogens is 1. The monoisotopic (exact) mass is 148 g/mol. The molecule has 0 aromatic carbocycles. The van der Waals surface area contributed by atoms with E-state index in [4.69, 9.17) is 11.6 Å². The second kappa shape index (κ2) is 8.29. The first-order chi connectivity index (χ1) is 4.41. The Balaban J connectivity index is 0.000000173. The van der Waals surface area contributed by atoms with E-state index in [9.17, 15) is 0 Å². The van der Waals surface area contributed by atoms with E-state index in [1.807, 2.05) is 0 Å². The van der Waals surface area contributed by atoms with Crippen molar-refractivity contribution in [3.63, 3.8) is 0 Å². The van der Waals surface area contributed by atoms with Gasteiger partial charge in [0.25, 0.3) is 0 Å². The molecule has 0 radical (unpaired) electrons. The number of unbranched alkanes of at least 4 members (excludes halogenated alkanes) is 2. The molecule has 0 atom stereocenters. The largest absolute Gasteiger partial charge is 0.127 e. The summed E-state index contributed by atoms with van der Waals surface area (Å²) < 4.78 is 0. The third-order valence-corrected chi connectivity index (χ3v) is 1.36. The molecule has 0 aliphatic heterocycles. The highest BCUT2D eigenvalue weighted by Crippen LogP contribution is 2.14. The predicted molar refractivity (Wildman–Crippen MR) is 44.1 cm³/mol. The van der Waals surface area contributed by atoms with Gasteiger partial charge >= 0.3 is 0 Å². The van der Waals surface area contributed by atoms with Gasteiger partial charge in [0.15, 0.2) is 0 Å². The Labute approximate surface area is 63.6 Å². The van der Waals surface area contributed by atoms with Gasteiger partial charge in [0.05, 0.1) is 0 Å². The molecule has 1 fully saturated rings. The molecule has 1 rings (SSSR count). The summed E-state index contributed by atoms with van der Waals surface area (Å²) in [6.07, 6.45) is 8.23. The van der Waals surface area contributed by atoms with Crippen molar-refractivity contribution < 1.29 is 0 Å². The fraction of sp³-hybridized carbons (Fsp3) is 1.00. The molecule has 1 aliphatic carbocycles. The lowest BCUT2D eigenvalue weighted by atomic mass is 10.3. The van der Waals surface area contributed by atoms with Crippen molar-refractivity contribution in [3.05, 3.63) is 0 Å². The van der Waals surface area contributed by atoms with Crippen LogP contribution in [0.25, 0.3) is 0 Å². The van der Waals surface area contributed by atoms with Gasteiger partial charge in [-0.25, -0.2) is 0 Å². The number of alkyl halides is 1. The van der Waals surface area contributed by atoms with Crippen LogP contribution in [0, 0.1) is 0 Å². The standard InChI is InChI=1S/C5H11Cl.C3H6/c1-2-3-4-5-6;1-2-3-1/h2-5H2,1H3;1-3H2. The quantitative estimate of drug-likeness (QED) is 0.424. The molecular weight excluding hydrogens is 132 g/mol. The van der Waals surface area contributed by atoms with Gasteiger partial charge in [-0.05, 0) is 6.42 Å². The average Bonchev–Trinajstić information content (AvgIpc) is 2.67. The molecule has 0 aromatic rings. The van der Waals surface area contributed by atoms with Crippen LogP contribution in [0.4, 0.5) is 0 Å². The molecule has 0 nitrogen and oxygen atoms in total. The van der Waals surface area contributed by atoms with E-state index in [1.54, 1.807) is 0 Å². The third kappa shape index (κ3) is 17.8. The highest BCUT2D eigenvalue weighted by Gasteiger charge is 1.95. The van der Waals surface area contributed by atoms with Crippen LogP contribution in [0.15, 0.2) is 0 Å². The smallest absolute Gasteiger partial charge is 0.0223 e. The van der Waals surface area contributed by atoms with Crippen molar-refractivity contribution in [2.45, 2.75) is 45.4 Å². The van der Waals surface area contributed by atoms with Crippen LogP contribution >= 0.6 is 11.6 Å². The average molecular weight is 149 g/mol. The molecule has 0 bridgehead atoms. The van der Waals surface area contributed by atoms with Crippen molar-refractivity contribution >= 4 is 11.6 Å². The Morgan fingerprint density at radius 2 is 1.67 bits per heavy atom. The van der Waals surface area contributed by atoms with Crippen LogP contribution < -0.4 is 0 Å². The van der Waals surface area contributed by atoms with Crippen LogP contribution in [0.3, 0.4) is 0 Å². The molecule has 0 N–H and O–H groups in total. The summed E-state index contributed by atoms with van der Waals surface area (Å²) in [5.41, 5.74) is 0. The van der Waals surface area contributed by atoms with E-state index in [1.165, 1.54) is 38.5 Å². The minimum Gasteiger partial charge on any atom is -0.127 e. The van der Waals surface area contributed by atoms with Gasteiger partial charge in [-0.15, -0.1) is 11.6 Å². The maximum atomic E-state index is 5.38. The molecule has 9 heavy (non-hydrogen) atoms. The van der Waals surface area contributed by atoms with E-state index >= 15 is 0 Å². The SMILES string of the molecule is C1CC1.CCCCCCl. The van der Waals surface area contributed by atoms with Crippen molar-refractivity contribution in [1.29, 1.82) is 0 Å². The molecule has 0 amide bonds. The van der Waals surface area contributed by atoms with E-state index in [2.05, 4.69) is 6.92 Å². The highest BCUT2D eigenvalue weighted by atomic mass is 35.5. The van der Waals surface area contributed by atoms with Crippen molar-refractivity contribution in [2.24, 2.45) is 0 Å². The molecule has 0 spiro atoms. The summed E-state index contributed by atoms with van der Waals surface area (Å²) in [5, 5.41) is 0. The summed E-state index contributed by atoms with van der Waals surface area (Å²) in [4.78, 5) is 0. The first-order valence-corrected chi connectivity index (χ1v) is 4.51. The van der Waals surface area contributed by atoms with Crippen molar-refractivity contribution in [3.8, 4) is 0 Å². The topological polar surface area (TPSA) is 0 Å². The molecule has 1 aliphatic rings.